The number of ether oxygens (including phenoxy) is 1. The summed E-state index contributed by atoms with van der Waals surface area (Å²) < 4.78 is 5.23. The normalized spacial score (nSPS) is 19.3. The molecule has 1 atom stereocenters. The van der Waals surface area contributed by atoms with Crippen molar-refractivity contribution in [3.05, 3.63) is 30.1 Å². The third-order valence-electron chi connectivity index (χ3n) is 3.16. The number of carbonyl (C=O) groups is 1. The van der Waals surface area contributed by atoms with Crippen LogP contribution in [0.4, 0.5) is 0 Å². The van der Waals surface area contributed by atoms with Gasteiger partial charge in [-0.1, -0.05) is 0 Å². The van der Waals surface area contributed by atoms with Crippen molar-refractivity contribution in [2.24, 2.45) is 0 Å². The summed E-state index contributed by atoms with van der Waals surface area (Å²) in [5.74, 6) is -0.0833. The lowest BCUT2D eigenvalue weighted by molar-refractivity contribution is 0.00347. The first-order valence-electron chi connectivity index (χ1n) is 6.01. The quantitative estimate of drug-likeness (QED) is 0.822. The highest BCUT2D eigenvalue weighted by Crippen LogP contribution is 2.15. The van der Waals surface area contributed by atoms with Gasteiger partial charge in [-0.15, -0.1) is 0 Å². The van der Waals surface area contributed by atoms with Gasteiger partial charge < -0.3 is 14.6 Å². The second kappa shape index (κ2) is 4.71. The number of imidazole rings is 1. The molecular formula is C13H12N4O2. The maximum Gasteiger partial charge on any atom is 0.254 e. The minimum atomic E-state index is -0.534. The molecule has 6 nitrogen and oxygen atoms in total. The Hall–Kier alpha value is -2.39. The summed E-state index contributed by atoms with van der Waals surface area (Å²) >= 11 is 0. The highest BCUT2D eigenvalue weighted by Gasteiger charge is 2.24. The van der Waals surface area contributed by atoms with Crippen molar-refractivity contribution in [2.75, 3.05) is 19.7 Å². The molecule has 1 amide bonds. The summed E-state index contributed by atoms with van der Waals surface area (Å²) in [7, 11) is 0. The van der Waals surface area contributed by atoms with Gasteiger partial charge in [0.1, 0.15) is 0 Å². The summed E-state index contributed by atoms with van der Waals surface area (Å²) in [6.07, 6.45) is 1.06. The van der Waals surface area contributed by atoms with Gasteiger partial charge in [0.25, 0.3) is 5.91 Å². The van der Waals surface area contributed by atoms with E-state index in [1.165, 1.54) is 0 Å². The monoisotopic (exact) mass is 256 g/mol. The molecule has 1 saturated heterocycles. The predicted molar refractivity (Wildman–Crippen MR) is 67.4 cm³/mol. The Kier molecular flexibility index (Phi) is 2.89. The molecule has 0 spiro atoms. The fraction of sp³-hybridized carbons (Fsp3) is 0.308. The van der Waals surface area contributed by atoms with Crippen molar-refractivity contribution in [1.29, 1.82) is 5.26 Å². The maximum absolute atomic E-state index is 12.4. The molecule has 2 aromatic rings. The minimum absolute atomic E-state index is 0.0833. The number of aromatic amines is 1. The van der Waals surface area contributed by atoms with Gasteiger partial charge in [-0.2, -0.15) is 5.26 Å². The Morgan fingerprint density at radius 1 is 1.58 bits per heavy atom. The molecule has 0 bridgehead atoms. The van der Waals surface area contributed by atoms with Gasteiger partial charge in [0.05, 0.1) is 36.6 Å². The third-order valence-corrected chi connectivity index (χ3v) is 3.16. The van der Waals surface area contributed by atoms with Gasteiger partial charge in [0.15, 0.2) is 6.10 Å². The number of benzene rings is 1. The number of morpholine rings is 1. The van der Waals surface area contributed by atoms with E-state index in [0.717, 1.165) is 11.0 Å². The average Bonchev–Trinajstić information content (AvgIpc) is 2.94. The van der Waals surface area contributed by atoms with Gasteiger partial charge in [-0.3, -0.25) is 4.79 Å². The van der Waals surface area contributed by atoms with Crippen molar-refractivity contribution >= 4 is 16.9 Å². The van der Waals surface area contributed by atoms with Crippen LogP contribution in [0.2, 0.25) is 0 Å². The van der Waals surface area contributed by atoms with E-state index in [9.17, 15) is 4.79 Å². The van der Waals surface area contributed by atoms with E-state index >= 15 is 0 Å². The second-order valence-corrected chi connectivity index (χ2v) is 4.37. The van der Waals surface area contributed by atoms with Crippen molar-refractivity contribution in [1.82, 2.24) is 14.9 Å². The lowest BCUT2D eigenvalue weighted by Crippen LogP contribution is -2.45. The van der Waals surface area contributed by atoms with Crippen molar-refractivity contribution in [2.45, 2.75) is 6.10 Å². The number of fused-ring (bicyclic) bond motifs is 1. The molecule has 96 valence electrons. The van der Waals surface area contributed by atoms with E-state index in [1.807, 2.05) is 6.07 Å². The van der Waals surface area contributed by atoms with Crippen LogP contribution in [-0.2, 0) is 4.74 Å². The number of amides is 1. The topological polar surface area (TPSA) is 82.0 Å². The molecule has 1 aromatic heterocycles. The molecule has 3 rings (SSSR count). The van der Waals surface area contributed by atoms with E-state index in [4.69, 9.17) is 10.00 Å². The third kappa shape index (κ3) is 2.16. The number of carbonyl (C=O) groups excluding carboxylic acids is 1. The highest BCUT2D eigenvalue weighted by molar-refractivity contribution is 5.97. The molecular weight excluding hydrogens is 244 g/mol. The lowest BCUT2D eigenvalue weighted by atomic mass is 10.1. The smallest absolute Gasteiger partial charge is 0.254 e. The van der Waals surface area contributed by atoms with Crippen LogP contribution in [0.1, 0.15) is 10.4 Å². The standard InChI is InChI=1S/C13H12N4O2/c14-6-10-7-17(3-4-19-10)13(18)9-1-2-11-12(5-9)16-8-15-11/h1-2,5,8,10H,3-4,7H2,(H,15,16). The largest absolute Gasteiger partial charge is 0.360 e. The van der Waals surface area contributed by atoms with Crippen molar-refractivity contribution < 1.29 is 9.53 Å². The number of aromatic nitrogens is 2. The molecule has 1 aliphatic heterocycles. The Morgan fingerprint density at radius 3 is 3.32 bits per heavy atom. The van der Waals surface area contributed by atoms with E-state index < -0.39 is 6.10 Å². The SMILES string of the molecule is N#CC1CN(C(=O)c2ccc3nc[nH]c3c2)CCO1. The molecule has 1 fully saturated rings. The first kappa shape index (κ1) is 11.7. The average molecular weight is 256 g/mol. The molecule has 2 heterocycles. The van der Waals surface area contributed by atoms with E-state index in [1.54, 1.807) is 29.4 Å². The summed E-state index contributed by atoms with van der Waals surface area (Å²) in [5.41, 5.74) is 2.25. The second-order valence-electron chi connectivity index (χ2n) is 4.37. The number of H-pyrrole nitrogens is 1. The Labute approximate surface area is 109 Å². The molecule has 0 aliphatic carbocycles. The molecule has 6 heteroatoms. The van der Waals surface area contributed by atoms with E-state index in [0.29, 0.717) is 25.3 Å². The number of nitriles is 1. The summed E-state index contributed by atoms with van der Waals surface area (Å²) in [6, 6.07) is 7.37. The zero-order chi connectivity index (χ0) is 13.2. The van der Waals surface area contributed by atoms with Crippen LogP contribution in [-0.4, -0.2) is 46.6 Å². The summed E-state index contributed by atoms with van der Waals surface area (Å²) in [5, 5.41) is 8.85. The van der Waals surface area contributed by atoms with Crippen molar-refractivity contribution in [3.8, 4) is 6.07 Å². The number of rotatable bonds is 1. The molecule has 0 saturated carbocycles. The number of nitrogens with zero attached hydrogens (tertiary/aromatic N) is 3. The van der Waals surface area contributed by atoms with Gasteiger partial charge in [0, 0.05) is 12.1 Å². The molecule has 0 radical (unpaired) electrons. The minimum Gasteiger partial charge on any atom is -0.360 e. The molecule has 1 aliphatic rings. The Morgan fingerprint density at radius 2 is 2.47 bits per heavy atom. The van der Waals surface area contributed by atoms with Crippen LogP contribution in [0.25, 0.3) is 11.0 Å². The number of nitrogens with one attached hydrogen (secondary N) is 1. The van der Waals surface area contributed by atoms with Crippen LogP contribution in [0.3, 0.4) is 0 Å². The number of hydrogen-bond acceptors (Lipinski definition) is 4. The Bertz CT molecular complexity index is 658. The van der Waals surface area contributed by atoms with Crippen LogP contribution in [0, 0.1) is 11.3 Å². The van der Waals surface area contributed by atoms with Crippen LogP contribution >= 0.6 is 0 Å². The Balaban J connectivity index is 1.84. The van der Waals surface area contributed by atoms with E-state index in [2.05, 4.69) is 9.97 Å². The van der Waals surface area contributed by atoms with Gasteiger partial charge in [-0.25, -0.2) is 4.98 Å². The molecule has 1 N–H and O–H groups in total. The summed E-state index contributed by atoms with van der Waals surface area (Å²) in [4.78, 5) is 21.1. The van der Waals surface area contributed by atoms with Gasteiger partial charge in [-0.05, 0) is 18.2 Å². The fourth-order valence-corrected chi connectivity index (χ4v) is 2.16. The molecule has 1 aromatic carbocycles. The zero-order valence-corrected chi connectivity index (χ0v) is 10.2. The summed E-state index contributed by atoms with van der Waals surface area (Å²) in [6.45, 7) is 1.23. The van der Waals surface area contributed by atoms with Crippen LogP contribution in [0.5, 0.6) is 0 Å². The van der Waals surface area contributed by atoms with Crippen LogP contribution in [0.15, 0.2) is 24.5 Å². The first-order chi connectivity index (χ1) is 9.28. The van der Waals surface area contributed by atoms with Gasteiger partial charge in [0.2, 0.25) is 0 Å². The van der Waals surface area contributed by atoms with E-state index in [-0.39, 0.29) is 5.91 Å². The van der Waals surface area contributed by atoms with Crippen molar-refractivity contribution in [3.63, 3.8) is 0 Å². The zero-order valence-electron chi connectivity index (χ0n) is 10.2. The fourth-order valence-electron chi connectivity index (χ4n) is 2.16. The first-order valence-corrected chi connectivity index (χ1v) is 6.01. The molecule has 1 unspecified atom stereocenters. The van der Waals surface area contributed by atoms with Crippen LogP contribution < -0.4 is 0 Å². The number of hydrogen-bond donors (Lipinski definition) is 1. The maximum atomic E-state index is 12.4. The predicted octanol–water partition coefficient (Wildman–Crippen LogP) is 0.927. The highest BCUT2D eigenvalue weighted by atomic mass is 16.5. The van der Waals surface area contributed by atoms with Gasteiger partial charge >= 0.3 is 0 Å². The lowest BCUT2D eigenvalue weighted by Gasteiger charge is -2.29. The molecule has 19 heavy (non-hydrogen) atoms.